The largest absolute Gasteiger partial charge is 0.352 e. The number of aryl methyl sites for hydroxylation is 1. The number of piperidine rings is 1. The Morgan fingerprint density at radius 1 is 1.18 bits per heavy atom. The van der Waals surface area contributed by atoms with Crippen molar-refractivity contribution in [3.05, 3.63) is 64.1 Å². The first-order valence-electron chi connectivity index (χ1n) is 11.8. The fraction of sp³-hybridized carbons (Fsp3) is 0.407. The maximum atomic E-state index is 12.6. The average Bonchev–Trinajstić information content (AvgIpc) is 2.76. The molecule has 0 aromatic heterocycles. The first-order chi connectivity index (χ1) is 15.9. The van der Waals surface area contributed by atoms with E-state index in [4.69, 9.17) is 0 Å². The number of hydrogen-bond acceptors (Lipinski definition) is 4. The molecule has 2 amide bonds. The lowest BCUT2D eigenvalue weighted by molar-refractivity contribution is -0.112. The van der Waals surface area contributed by atoms with Gasteiger partial charge in [0.05, 0.1) is 10.6 Å². The van der Waals surface area contributed by atoms with Gasteiger partial charge in [-0.05, 0) is 68.0 Å². The second kappa shape index (κ2) is 10.6. The minimum atomic E-state index is -0.142. The topological polar surface area (TPSA) is 61.4 Å². The summed E-state index contributed by atoms with van der Waals surface area (Å²) in [7, 11) is 0. The number of likely N-dealkylation sites (tertiary alicyclic amines) is 1. The Balaban J connectivity index is 1.32. The van der Waals surface area contributed by atoms with Gasteiger partial charge in [-0.1, -0.05) is 55.4 Å². The van der Waals surface area contributed by atoms with Crippen molar-refractivity contribution in [3.63, 3.8) is 0 Å². The molecule has 4 rings (SSSR count). The lowest BCUT2D eigenvalue weighted by atomic mass is 9.92. The van der Waals surface area contributed by atoms with Crippen molar-refractivity contribution in [2.75, 3.05) is 31.5 Å². The van der Waals surface area contributed by atoms with Crippen molar-refractivity contribution in [1.82, 2.24) is 10.2 Å². The molecular weight excluding hydrogens is 430 g/mol. The molecule has 6 heteroatoms. The second-order valence-corrected chi connectivity index (χ2v) is 10.6. The van der Waals surface area contributed by atoms with E-state index in [-0.39, 0.29) is 11.8 Å². The van der Waals surface area contributed by atoms with Crippen LogP contribution in [0.4, 0.5) is 5.69 Å². The summed E-state index contributed by atoms with van der Waals surface area (Å²) in [5, 5.41) is 5.97. The number of hydrogen-bond donors (Lipinski definition) is 2. The number of fused-ring (bicyclic) bond motifs is 1. The van der Waals surface area contributed by atoms with Crippen LogP contribution < -0.4 is 10.6 Å². The number of benzene rings is 2. The van der Waals surface area contributed by atoms with Crippen LogP contribution in [0.5, 0.6) is 0 Å². The third-order valence-electron chi connectivity index (χ3n) is 6.15. The van der Waals surface area contributed by atoms with Gasteiger partial charge in [0.25, 0.3) is 11.8 Å². The summed E-state index contributed by atoms with van der Waals surface area (Å²) < 4.78 is 0. The molecule has 5 nitrogen and oxygen atoms in total. The highest BCUT2D eigenvalue weighted by atomic mass is 32.2. The summed E-state index contributed by atoms with van der Waals surface area (Å²) >= 11 is 1.44. The Bertz CT molecular complexity index is 1060. The van der Waals surface area contributed by atoms with Crippen molar-refractivity contribution >= 4 is 35.3 Å². The van der Waals surface area contributed by atoms with Crippen LogP contribution in [0.1, 0.15) is 48.2 Å². The van der Waals surface area contributed by atoms with Gasteiger partial charge in [0.15, 0.2) is 0 Å². The van der Waals surface area contributed by atoms with E-state index >= 15 is 0 Å². The van der Waals surface area contributed by atoms with E-state index in [2.05, 4.69) is 35.4 Å². The third kappa shape index (κ3) is 6.27. The first-order valence-corrected chi connectivity index (χ1v) is 12.6. The lowest BCUT2D eigenvalue weighted by Gasteiger charge is -2.34. The van der Waals surface area contributed by atoms with E-state index < -0.39 is 0 Å². The second-order valence-electron chi connectivity index (χ2n) is 9.50. The number of amides is 2. The molecule has 0 spiro atoms. The van der Waals surface area contributed by atoms with Gasteiger partial charge in [0, 0.05) is 30.1 Å². The van der Waals surface area contributed by atoms with Crippen molar-refractivity contribution in [1.29, 1.82) is 0 Å². The fourth-order valence-corrected chi connectivity index (χ4v) is 5.73. The van der Waals surface area contributed by atoms with Crippen LogP contribution in [0.2, 0.25) is 0 Å². The summed E-state index contributed by atoms with van der Waals surface area (Å²) in [6, 6.07) is 13.6. The molecular formula is C27H33N3O2S. The predicted molar refractivity (Wildman–Crippen MR) is 136 cm³/mol. The number of nitrogens with one attached hydrogen (secondary N) is 2. The molecule has 0 bridgehead atoms. The summed E-state index contributed by atoms with van der Waals surface area (Å²) in [5.74, 6) is 1.26. The Kier molecular flexibility index (Phi) is 7.56. The molecule has 1 fully saturated rings. The van der Waals surface area contributed by atoms with Gasteiger partial charge in [-0.25, -0.2) is 0 Å². The number of nitrogens with zero attached hydrogens (tertiary/aromatic N) is 1. The van der Waals surface area contributed by atoms with Gasteiger partial charge < -0.3 is 15.5 Å². The predicted octanol–water partition coefficient (Wildman–Crippen LogP) is 5.18. The van der Waals surface area contributed by atoms with Crippen molar-refractivity contribution < 1.29 is 9.59 Å². The monoisotopic (exact) mass is 463 g/mol. The zero-order chi connectivity index (χ0) is 23.4. The maximum absolute atomic E-state index is 12.6. The smallest absolute Gasteiger partial charge is 0.262 e. The molecule has 2 aliphatic rings. The van der Waals surface area contributed by atoms with E-state index in [1.807, 2.05) is 43.3 Å². The number of thioether (sulfide) groups is 1. The normalized spacial score (nSPS) is 22.0. The van der Waals surface area contributed by atoms with E-state index in [1.54, 1.807) is 6.07 Å². The van der Waals surface area contributed by atoms with Gasteiger partial charge in [0.2, 0.25) is 0 Å². The molecule has 0 radical (unpaired) electrons. The van der Waals surface area contributed by atoms with E-state index in [1.165, 1.54) is 18.2 Å². The summed E-state index contributed by atoms with van der Waals surface area (Å²) in [6.45, 7) is 10.6. The number of rotatable bonds is 6. The van der Waals surface area contributed by atoms with E-state index in [9.17, 15) is 9.59 Å². The minimum absolute atomic E-state index is 0.0986. The molecule has 2 heterocycles. The standard InChI is InChI=1S/C27H33N3O2S/c1-18-6-4-7-21(13-18)14-25-27(32)29-23-15-22(8-9-24(23)33-25)26(31)28-10-5-11-30-16-19(2)12-20(3)17-30/h4,6-9,13-15,19-20H,5,10-12,16-17H2,1-3H3,(H,28,31)(H,29,32)/b25-14+/t19-,20+. The van der Waals surface area contributed by atoms with Crippen LogP contribution in [-0.4, -0.2) is 42.9 Å². The van der Waals surface area contributed by atoms with Crippen molar-refractivity contribution in [2.45, 2.75) is 38.5 Å². The Hall–Kier alpha value is -2.57. The average molecular weight is 464 g/mol. The number of anilines is 1. The van der Waals surface area contributed by atoms with Gasteiger partial charge >= 0.3 is 0 Å². The molecule has 2 aliphatic heterocycles. The molecule has 0 saturated carbocycles. The van der Waals surface area contributed by atoms with Crippen LogP contribution in [0.25, 0.3) is 6.08 Å². The summed E-state index contributed by atoms with van der Waals surface area (Å²) in [4.78, 5) is 29.4. The van der Waals surface area contributed by atoms with Crippen LogP contribution in [0.3, 0.4) is 0 Å². The minimum Gasteiger partial charge on any atom is -0.352 e. The number of carbonyl (C=O) groups is 2. The summed E-state index contributed by atoms with van der Waals surface area (Å²) in [5.41, 5.74) is 3.42. The molecule has 174 valence electrons. The maximum Gasteiger partial charge on any atom is 0.262 e. The zero-order valence-corrected chi connectivity index (χ0v) is 20.5. The van der Waals surface area contributed by atoms with E-state index in [0.717, 1.165) is 53.9 Å². The van der Waals surface area contributed by atoms with Gasteiger partial charge in [-0.3, -0.25) is 9.59 Å². The van der Waals surface area contributed by atoms with Gasteiger partial charge in [-0.2, -0.15) is 0 Å². The quantitative estimate of drug-likeness (QED) is 0.458. The summed E-state index contributed by atoms with van der Waals surface area (Å²) in [6.07, 6.45) is 4.15. The Morgan fingerprint density at radius 3 is 2.73 bits per heavy atom. The highest BCUT2D eigenvalue weighted by Crippen LogP contribution is 2.39. The molecule has 0 unspecified atom stereocenters. The fourth-order valence-electron chi connectivity index (χ4n) is 4.79. The Labute approximate surface area is 201 Å². The van der Waals surface area contributed by atoms with Crippen LogP contribution in [0.15, 0.2) is 52.3 Å². The first kappa shape index (κ1) is 23.6. The SMILES string of the molecule is Cc1cccc(/C=C2/Sc3ccc(C(=O)NCCCN4C[C@H](C)C[C@H](C)C4)cc3NC2=O)c1. The zero-order valence-electron chi connectivity index (χ0n) is 19.7. The van der Waals surface area contributed by atoms with Crippen LogP contribution >= 0.6 is 11.8 Å². The lowest BCUT2D eigenvalue weighted by Crippen LogP contribution is -2.40. The molecule has 2 atom stereocenters. The van der Waals surface area contributed by atoms with Crippen molar-refractivity contribution in [3.8, 4) is 0 Å². The van der Waals surface area contributed by atoms with E-state index in [0.29, 0.717) is 22.7 Å². The van der Waals surface area contributed by atoms with Crippen molar-refractivity contribution in [2.24, 2.45) is 11.8 Å². The highest BCUT2D eigenvalue weighted by molar-refractivity contribution is 8.04. The molecule has 0 aliphatic carbocycles. The molecule has 1 saturated heterocycles. The van der Waals surface area contributed by atoms with Gasteiger partial charge in [0.1, 0.15) is 0 Å². The Morgan fingerprint density at radius 2 is 1.97 bits per heavy atom. The molecule has 33 heavy (non-hydrogen) atoms. The van der Waals surface area contributed by atoms with Crippen LogP contribution in [0, 0.1) is 18.8 Å². The third-order valence-corrected chi connectivity index (χ3v) is 7.25. The number of carbonyl (C=O) groups excluding carboxylic acids is 2. The highest BCUT2D eigenvalue weighted by Gasteiger charge is 2.23. The molecule has 2 aromatic rings. The van der Waals surface area contributed by atoms with Gasteiger partial charge in [-0.15, -0.1) is 0 Å². The van der Waals surface area contributed by atoms with Crippen LogP contribution in [-0.2, 0) is 4.79 Å². The molecule has 2 N–H and O–H groups in total. The molecule has 2 aromatic carbocycles.